The summed E-state index contributed by atoms with van der Waals surface area (Å²) < 4.78 is 0. The fraction of sp³-hybridized carbons (Fsp3) is 0.741. The van der Waals surface area contributed by atoms with Gasteiger partial charge in [0, 0.05) is 7.05 Å². The third-order valence-corrected chi connectivity index (χ3v) is 26.8. The Kier molecular flexibility index (Phi) is 13.2. The Morgan fingerprint density at radius 3 is 1.49 bits per heavy atom. The van der Waals surface area contributed by atoms with Crippen molar-refractivity contribution in [3.8, 4) is 0 Å². The summed E-state index contributed by atoms with van der Waals surface area (Å²) in [4.78, 5) is 266. The molecule has 0 radical (unpaired) electrons. The largest absolute Gasteiger partial charge is 0.326 e. The highest BCUT2D eigenvalue weighted by molar-refractivity contribution is 5.94. The number of hydrogen-bond acceptors (Lipinski definition) is 20. The Bertz CT molecular complexity index is 3980. The number of urea groups is 12. The predicted molar refractivity (Wildman–Crippen MR) is 340 cm³/mol. The van der Waals surface area contributed by atoms with Crippen molar-refractivity contribution in [3.63, 3.8) is 0 Å². The van der Waals surface area contributed by atoms with Crippen LogP contribution in [0.5, 0.6) is 0 Å². The number of carbonyl (C=O) groups excluding carboxylic acids is 15. The molecule has 17 bridgehead atoms. The molecule has 2 aliphatic carbocycles. The molecule has 0 aromatic heterocycles. The summed E-state index contributed by atoms with van der Waals surface area (Å²) >= 11 is 0. The number of fused-ring (bicyclic) bond motifs is 11. The highest BCUT2D eigenvalue weighted by Gasteiger charge is 2.83. The van der Waals surface area contributed by atoms with Gasteiger partial charge in [-0.15, -0.1) is 0 Å². The zero-order valence-corrected chi connectivity index (χ0v) is 57.6. The summed E-state index contributed by atoms with van der Waals surface area (Å²) in [6, 6.07) is -9.66. The molecule has 105 heavy (non-hydrogen) atoms. The maximum Gasteiger partial charge on any atom is 0.326 e. The van der Waals surface area contributed by atoms with Crippen LogP contribution in [0.25, 0.3) is 0 Å². The fourth-order valence-electron chi connectivity index (χ4n) is 21.9. The SMILES string of the molecule is CC1C2NCN3CC4N5CN6C(=O)N7CN8C(=O)N9CN%10C(=O)N%11CNC(=O)N%12CN%13C(=O)N%14CN(C=O)C%15C(NCN(C)C(=O)N2CNC5=O)N(CN1C=O)C(=O)N%15CNC%14C%13NCN1C(=O)N(CN2C(=O)N(CN5C(=O)N(CNC7C6N(C=O)CN4C3=O)C8C95)C%103CCCCC%1123)C2(C)CCCCC%1212. The van der Waals surface area contributed by atoms with Gasteiger partial charge in [0.25, 0.3) is 0 Å². The maximum atomic E-state index is 16.6. The summed E-state index contributed by atoms with van der Waals surface area (Å²) in [5, 5.41) is 22.7. The standard InChI is InChI=1S/C58H80N32O15/c1-32-34-60-14-67-12-33-74-23-80-40(69(30-92)21-75(33)46(67)97)38-62-16-73-41-42-82(48(73)99)26-89-54(105)90-28-87-52(103)84-18-63-36-35-61-15-72-39(37(77(47(72)98)20-68(32)29-91)59-13-66(3)45(96)71(34)17-64-43(74)94)70(31-93)22-76(35)49(100)79(36)25-86(56(84)9-5-4-8-55(56,87)2)44(95)65-19-85-53(104)88(58(89)11-7-6-10-57(58,85)90)27-83(42)51(102)81(41)24-78(38)50(80)101/h29-42,59-63H,4-28H2,1-3H3,(H,64,94)(H,65,95). The Hall–Kier alpha value is -10.5. The molecule has 47 heteroatoms. The normalized spacial score (nSPS) is 39.1. The minimum Gasteiger partial charge on any atom is -0.321 e. The zero-order chi connectivity index (χ0) is 72.5. The van der Waals surface area contributed by atoms with Crippen LogP contribution < -0.4 is 37.2 Å². The molecule has 15 atom stereocenters. The van der Waals surface area contributed by atoms with Crippen molar-refractivity contribution in [1.82, 2.24) is 160 Å². The molecule has 20 rings (SSSR count). The highest BCUT2D eigenvalue weighted by Crippen LogP contribution is 2.62. The lowest BCUT2D eigenvalue weighted by Gasteiger charge is -2.58. The molecule has 18 aliphatic heterocycles. The molecule has 18 heterocycles. The number of rotatable bonds is 3. The Balaban J connectivity index is 0.746. The van der Waals surface area contributed by atoms with Crippen LogP contribution in [0, 0.1) is 0 Å². The molecule has 47 nitrogen and oxygen atoms in total. The third-order valence-electron chi connectivity index (χ3n) is 26.8. The molecule has 18 saturated heterocycles. The Morgan fingerprint density at radius 1 is 0.333 bits per heavy atom. The van der Waals surface area contributed by atoms with Crippen LogP contribution in [0.1, 0.15) is 65.2 Å². The van der Waals surface area contributed by atoms with Crippen LogP contribution in [0.3, 0.4) is 0 Å². The summed E-state index contributed by atoms with van der Waals surface area (Å²) in [6.07, 6.45) is -8.13. The molecule has 7 N–H and O–H groups in total. The van der Waals surface area contributed by atoms with Gasteiger partial charge in [-0.05, 0) is 58.8 Å². The third kappa shape index (κ3) is 7.61. The smallest absolute Gasteiger partial charge is 0.321 e. The topological polar surface area (TPSA) is 421 Å². The van der Waals surface area contributed by atoms with Gasteiger partial charge < -0.3 is 35.1 Å². The average Bonchev–Trinajstić information content (AvgIpc) is 1.48. The van der Waals surface area contributed by atoms with Crippen molar-refractivity contribution >= 4 is 91.6 Å². The van der Waals surface area contributed by atoms with E-state index >= 15 is 57.5 Å². The number of hydrogen-bond donors (Lipinski definition) is 7. The van der Waals surface area contributed by atoms with Gasteiger partial charge in [-0.25, -0.2) is 57.5 Å². The number of nitrogens with one attached hydrogen (secondary N) is 7. The molecule has 562 valence electrons. The van der Waals surface area contributed by atoms with Crippen LogP contribution in [-0.2, 0) is 14.4 Å². The van der Waals surface area contributed by atoms with Crippen LogP contribution >= 0.6 is 0 Å². The van der Waals surface area contributed by atoms with Crippen molar-refractivity contribution in [1.29, 1.82) is 0 Å². The van der Waals surface area contributed by atoms with Gasteiger partial charge in [-0.1, -0.05) is 6.42 Å². The molecule has 20 aliphatic rings. The van der Waals surface area contributed by atoms with E-state index in [1.807, 2.05) is 6.92 Å². The Labute approximate surface area is 597 Å². The van der Waals surface area contributed by atoms with Gasteiger partial charge in [0.15, 0.2) is 23.7 Å². The van der Waals surface area contributed by atoms with E-state index in [-0.39, 0.29) is 59.2 Å². The first kappa shape index (κ1) is 64.1. The summed E-state index contributed by atoms with van der Waals surface area (Å²) in [5.74, 6) is 0. The van der Waals surface area contributed by atoms with E-state index in [9.17, 15) is 14.4 Å². The Morgan fingerprint density at radius 2 is 0.781 bits per heavy atom. The van der Waals surface area contributed by atoms with E-state index in [4.69, 9.17) is 0 Å². The number of carbonyl (C=O) groups is 15. The second-order valence-corrected chi connectivity index (χ2v) is 30.8. The maximum absolute atomic E-state index is 16.6. The van der Waals surface area contributed by atoms with Gasteiger partial charge in [0.05, 0.1) is 71.5 Å². The molecule has 0 aromatic rings. The lowest BCUT2D eigenvalue weighted by molar-refractivity contribution is -0.135. The summed E-state index contributed by atoms with van der Waals surface area (Å²) in [6.45, 7) is -4.21. The van der Waals surface area contributed by atoms with Crippen molar-refractivity contribution in [2.24, 2.45) is 0 Å². The molecular weight excluding hydrogens is 1380 g/mol. The number of amides is 27. The van der Waals surface area contributed by atoms with Crippen molar-refractivity contribution in [2.45, 2.75) is 155 Å². The average molecular weight is 1470 g/mol. The molecular formula is C58H80N32O15. The van der Waals surface area contributed by atoms with E-state index < -0.39 is 236 Å². The first-order valence-corrected chi connectivity index (χ1v) is 35.7. The monoisotopic (exact) mass is 1460 g/mol. The minimum atomic E-state index is -1.71. The number of nitrogens with zero attached hydrogens (tertiary/aromatic N) is 25. The first-order valence-electron chi connectivity index (χ1n) is 35.7. The molecule has 0 aromatic carbocycles. The molecule has 15 unspecified atom stereocenters. The predicted octanol–water partition coefficient (Wildman–Crippen LogP) is -6.59. The summed E-state index contributed by atoms with van der Waals surface area (Å²) in [5.41, 5.74) is -6.31. The molecule has 20 fully saturated rings. The van der Waals surface area contributed by atoms with E-state index in [0.29, 0.717) is 51.3 Å². The lowest BCUT2D eigenvalue weighted by atomic mass is 9.72. The second-order valence-electron chi connectivity index (χ2n) is 30.8. The van der Waals surface area contributed by atoms with Crippen molar-refractivity contribution in [2.75, 3.05) is 120 Å². The fourth-order valence-corrected chi connectivity index (χ4v) is 21.9. The lowest BCUT2D eigenvalue weighted by Crippen LogP contribution is -2.77. The first-order chi connectivity index (χ1) is 50.6. The van der Waals surface area contributed by atoms with Gasteiger partial charge in [-0.3, -0.25) is 139 Å². The molecule has 27 amide bonds. The highest BCUT2D eigenvalue weighted by atomic mass is 16.2. The van der Waals surface area contributed by atoms with E-state index in [0.717, 1.165) is 0 Å². The van der Waals surface area contributed by atoms with Gasteiger partial charge in [0.2, 0.25) is 19.2 Å². The van der Waals surface area contributed by atoms with Crippen LogP contribution in [-0.4, -0.2) is 425 Å². The van der Waals surface area contributed by atoms with E-state index in [2.05, 4.69) is 37.2 Å². The van der Waals surface area contributed by atoms with Gasteiger partial charge in [0.1, 0.15) is 108 Å². The van der Waals surface area contributed by atoms with Gasteiger partial charge in [-0.2, -0.15) is 0 Å². The quantitative estimate of drug-likeness (QED) is 0.129. The van der Waals surface area contributed by atoms with Crippen molar-refractivity contribution in [3.05, 3.63) is 0 Å². The zero-order valence-electron chi connectivity index (χ0n) is 57.6. The molecule has 3 spiro atoms. The van der Waals surface area contributed by atoms with Crippen LogP contribution in [0.15, 0.2) is 0 Å². The minimum absolute atomic E-state index is 0.119. The molecule has 2 saturated carbocycles. The second kappa shape index (κ2) is 21.6. The van der Waals surface area contributed by atoms with E-state index in [1.165, 1.54) is 120 Å². The van der Waals surface area contributed by atoms with E-state index in [1.54, 1.807) is 16.7 Å². The van der Waals surface area contributed by atoms with Crippen LogP contribution in [0.4, 0.5) is 57.5 Å². The van der Waals surface area contributed by atoms with Crippen LogP contribution in [0.2, 0.25) is 0 Å². The summed E-state index contributed by atoms with van der Waals surface area (Å²) in [7, 11) is 1.44. The van der Waals surface area contributed by atoms with Gasteiger partial charge >= 0.3 is 72.4 Å². The van der Waals surface area contributed by atoms with Crippen molar-refractivity contribution < 1.29 is 71.9 Å².